The highest BCUT2D eigenvalue weighted by atomic mass is 32.2. The highest BCUT2D eigenvalue weighted by Gasteiger charge is 2.29. The highest BCUT2D eigenvalue weighted by Crippen LogP contribution is 2.33. The van der Waals surface area contributed by atoms with E-state index >= 15 is 0 Å². The molecular weight excluding hydrogens is 252 g/mol. The van der Waals surface area contributed by atoms with Gasteiger partial charge in [-0.25, -0.2) is 0 Å². The van der Waals surface area contributed by atoms with Gasteiger partial charge in [0.25, 0.3) is 0 Å². The summed E-state index contributed by atoms with van der Waals surface area (Å²) in [5.41, 5.74) is 0. The average Bonchev–Trinajstić information content (AvgIpc) is 2.58. The van der Waals surface area contributed by atoms with Crippen molar-refractivity contribution in [3.05, 3.63) is 0 Å². The molecule has 19 heavy (non-hydrogen) atoms. The number of hydrogen-bond donors (Lipinski definition) is 1. The predicted octanol–water partition coefficient (Wildman–Crippen LogP) is 3.51. The van der Waals surface area contributed by atoms with Crippen LogP contribution in [0.2, 0.25) is 0 Å². The molecule has 0 aromatic rings. The number of nitrogens with one attached hydrogen (secondary N) is 1. The second kappa shape index (κ2) is 7.33. The smallest absolute Gasteiger partial charge is 0.0116 e. The van der Waals surface area contributed by atoms with Crippen molar-refractivity contribution in [2.24, 2.45) is 0 Å². The second-order valence-corrected chi connectivity index (χ2v) is 8.66. The van der Waals surface area contributed by atoms with Crippen LogP contribution in [0.1, 0.15) is 59.3 Å². The Balaban J connectivity index is 1.75. The summed E-state index contributed by atoms with van der Waals surface area (Å²) in [6, 6.07) is 1.67. The van der Waals surface area contributed by atoms with Gasteiger partial charge in [0.2, 0.25) is 0 Å². The van der Waals surface area contributed by atoms with Gasteiger partial charge < -0.3 is 5.32 Å². The molecule has 0 amide bonds. The van der Waals surface area contributed by atoms with E-state index in [1.807, 2.05) is 0 Å². The predicted molar refractivity (Wildman–Crippen MR) is 87.1 cm³/mol. The minimum absolute atomic E-state index is 0.495. The van der Waals surface area contributed by atoms with Crippen LogP contribution in [0.25, 0.3) is 0 Å². The van der Waals surface area contributed by atoms with E-state index in [0.29, 0.717) is 4.75 Å². The summed E-state index contributed by atoms with van der Waals surface area (Å²) < 4.78 is 0.495. The molecule has 1 heterocycles. The Hall–Kier alpha value is 0.270. The lowest BCUT2D eigenvalue weighted by molar-refractivity contribution is 0.149. The van der Waals surface area contributed by atoms with Gasteiger partial charge in [0.1, 0.15) is 0 Å². The standard InChI is InChI=1S/C16H32N2S/c1-4-10-17-14-5-7-15(8-6-14)18-11-9-16(2,3)19-13-12-18/h14-15,17H,4-13H2,1-3H3. The van der Waals surface area contributed by atoms with Crippen LogP contribution in [-0.4, -0.2) is 47.1 Å². The topological polar surface area (TPSA) is 15.3 Å². The number of thioether (sulfide) groups is 1. The van der Waals surface area contributed by atoms with Crippen molar-refractivity contribution < 1.29 is 0 Å². The zero-order chi connectivity index (χ0) is 13.7. The van der Waals surface area contributed by atoms with Gasteiger partial charge in [-0.05, 0) is 51.6 Å². The molecule has 2 nitrogen and oxygen atoms in total. The Kier molecular flexibility index (Phi) is 6.04. The third kappa shape index (κ3) is 4.95. The zero-order valence-electron chi connectivity index (χ0n) is 13.1. The number of rotatable bonds is 4. The van der Waals surface area contributed by atoms with Crippen molar-refractivity contribution in [2.75, 3.05) is 25.4 Å². The van der Waals surface area contributed by atoms with Crippen LogP contribution >= 0.6 is 11.8 Å². The third-order valence-corrected chi connectivity index (χ3v) is 6.14. The maximum Gasteiger partial charge on any atom is 0.0116 e. The monoisotopic (exact) mass is 284 g/mol. The van der Waals surface area contributed by atoms with Crippen LogP contribution in [0, 0.1) is 0 Å². The molecule has 0 aromatic carbocycles. The molecule has 1 saturated heterocycles. The lowest BCUT2D eigenvalue weighted by atomic mass is 9.89. The first kappa shape index (κ1) is 15.7. The molecule has 1 aliphatic carbocycles. The molecule has 1 N–H and O–H groups in total. The van der Waals surface area contributed by atoms with Crippen molar-refractivity contribution in [1.82, 2.24) is 10.2 Å². The summed E-state index contributed by atoms with van der Waals surface area (Å²) in [5, 5.41) is 3.70. The van der Waals surface area contributed by atoms with Gasteiger partial charge >= 0.3 is 0 Å². The van der Waals surface area contributed by atoms with Gasteiger partial charge in [0, 0.05) is 29.1 Å². The molecule has 112 valence electrons. The fourth-order valence-electron chi connectivity index (χ4n) is 3.39. The quantitative estimate of drug-likeness (QED) is 0.850. The maximum absolute atomic E-state index is 3.70. The van der Waals surface area contributed by atoms with Crippen LogP contribution in [0.5, 0.6) is 0 Å². The van der Waals surface area contributed by atoms with E-state index < -0.39 is 0 Å². The fourth-order valence-corrected chi connectivity index (χ4v) is 4.51. The van der Waals surface area contributed by atoms with E-state index in [1.165, 1.54) is 63.9 Å². The van der Waals surface area contributed by atoms with E-state index in [9.17, 15) is 0 Å². The Labute approximate surface area is 124 Å². The molecule has 2 fully saturated rings. The van der Waals surface area contributed by atoms with Crippen LogP contribution in [0.15, 0.2) is 0 Å². The van der Waals surface area contributed by atoms with Gasteiger partial charge in [-0.1, -0.05) is 20.8 Å². The molecule has 1 saturated carbocycles. The lowest BCUT2D eigenvalue weighted by Crippen LogP contribution is -2.43. The van der Waals surface area contributed by atoms with E-state index in [4.69, 9.17) is 0 Å². The first-order valence-corrected chi connectivity index (χ1v) is 9.20. The molecular formula is C16H32N2S. The van der Waals surface area contributed by atoms with Crippen molar-refractivity contribution in [1.29, 1.82) is 0 Å². The lowest BCUT2D eigenvalue weighted by Gasteiger charge is -2.36. The normalized spacial score (nSPS) is 33.0. The first-order chi connectivity index (χ1) is 9.11. The minimum Gasteiger partial charge on any atom is -0.314 e. The zero-order valence-corrected chi connectivity index (χ0v) is 13.9. The number of hydrogen-bond acceptors (Lipinski definition) is 3. The van der Waals surface area contributed by atoms with Crippen LogP contribution in [0.4, 0.5) is 0 Å². The molecule has 3 heteroatoms. The van der Waals surface area contributed by atoms with Gasteiger partial charge in [0.15, 0.2) is 0 Å². The van der Waals surface area contributed by atoms with Gasteiger partial charge in [-0.2, -0.15) is 11.8 Å². The maximum atomic E-state index is 3.70. The third-order valence-electron chi connectivity index (χ3n) is 4.77. The summed E-state index contributed by atoms with van der Waals surface area (Å²) in [6.45, 7) is 10.9. The molecule has 0 spiro atoms. The molecule has 2 rings (SSSR count). The Bertz CT molecular complexity index is 259. The van der Waals surface area contributed by atoms with Crippen LogP contribution < -0.4 is 5.32 Å². The molecule has 0 radical (unpaired) electrons. The summed E-state index contributed by atoms with van der Waals surface area (Å²) >= 11 is 2.17. The Morgan fingerprint density at radius 2 is 1.89 bits per heavy atom. The number of nitrogens with zero attached hydrogens (tertiary/aromatic N) is 1. The van der Waals surface area contributed by atoms with Gasteiger partial charge in [-0.3, -0.25) is 4.90 Å². The molecule has 0 bridgehead atoms. The van der Waals surface area contributed by atoms with E-state index in [-0.39, 0.29) is 0 Å². The Morgan fingerprint density at radius 3 is 2.58 bits per heavy atom. The van der Waals surface area contributed by atoms with E-state index in [0.717, 1.165) is 12.1 Å². The Morgan fingerprint density at radius 1 is 1.16 bits per heavy atom. The molecule has 0 aromatic heterocycles. The van der Waals surface area contributed by atoms with Crippen LogP contribution in [-0.2, 0) is 0 Å². The van der Waals surface area contributed by atoms with Crippen molar-refractivity contribution in [3.8, 4) is 0 Å². The average molecular weight is 285 g/mol. The first-order valence-electron chi connectivity index (χ1n) is 8.22. The summed E-state index contributed by atoms with van der Waals surface area (Å²) in [4.78, 5) is 2.79. The van der Waals surface area contributed by atoms with Gasteiger partial charge in [0.05, 0.1) is 0 Å². The van der Waals surface area contributed by atoms with Crippen molar-refractivity contribution >= 4 is 11.8 Å². The van der Waals surface area contributed by atoms with Crippen LogP contribution in [0.3, 0.4) is 0 Å². The van der Waals surface area contributed by atoms with E-state index in [1.54, 1.807) is 0 Å². The summed E-state index contributed by atoms with van der Waals surface area (Å²) in [7, 11) is 0. The van der Waals surface area contributed by atoms with E-state index in [2.05, 4.69) is 42.7 Å². The summed E-state index contributed by atoms with van der Waals surface area (Å²) in [6.07, 6.45) is 8.21. The molecule has 0 atom stereocenters. The van der Waals surface area contributed by atoms with Crippen molar-refractivity contribution in [2.45, 2.75) is 76.1 Å². The highest BCUT2D eigenvalue weighted by molar-refractivity contribution is 8.00. The largest absolute Gasteiger partial charge is 0.314 e. The van der Waals surface area contributed by atoms with Gasteiger partial charge in [-0.15, -0.1) is 0 Å². The summed E-state index contributed by atoms with van der Waals surface area (Å²) in [5.74, 6) is 1.32. The second-order valence-electron chi connectivity index (χ2n) is 6.85. The molecule has 2 aliphatic rings. The SMILES string of the molecule is CCCNC1CCC(N2CCSC(C)(C)CC2)CC1. The van der Waals surface area contributed by atoms with Crippen molar-refractivity contribution in [3.63, 3.8) is 0 Å². The minimum atomic E-state index is 0.495. The molecule has 1 aliphatic heterocycles. The molecule has 0 unspecified atom stereocenters. The fraction of sp³-hybridized carbons (Fsp3) is 1.00.